The van der Waals surface area contributed by atoms with Crippen molar-refractivity contribution in [2.45, 2.75) is 38.3 Å². The smallest absolute Gasteiger partial charge is 0.318 e. The predicted octanol–water partition coefficient (Wildman–Crippen LogP) is 3.70. The van der Waals surface area contributed by atoms with Crippen molar-refractivity contribution in [3.8, 4) is 0 Å². The van der Waals surface area contributed by atoms with Crippen molar-refractivity contribution in [3.05, 3.63) is 53.4 Å². The lowest BCUT2D eigenvalue weighted by Gasteiger charge is -2.36. The summed E-state index contributed by atoms with van der Waals surface area (Å²) >= 11 is 0. The molecule has 1 aliphatic rings. The number of likely N-dealkylation sites (tertiary alicyclic amines) is 1. The summed E-state index contributed by atoms with van der Waals surface area (Å²) in [5.41, 5.74) is 1.11. The van der Waals surface area contributed by atoms with Crippen molar-refractivity contribution in [2.24, 2.45) is 7.05 Å². The van der Waals surface area contributed by atoms with Gasteiger partial charge in [0.05, 0.1) is 17.8 Å². The van der Waals surface area contributed by atoms with E-state index in [9.17, 15) is 13.6 Å². The molecule has 25 heavy (non-hydrogen) atoms. The van der Waals surface area contributed by atoms with Gasteiger partial charge in [0.15, 0.2) is 11.6 Å². The number of halogens is 2. The maximum Gasteiger partial charge on any atom is 0.318 e. The zero-order valence-corrected chi connectivity index (χ0v) is 14.4. The molecule has 0 saturated carbocycles. The summed E-state index contributed by atoms with van der Waals surface area (Å²) < 4.78 is 29.1. The second-order valence-corrected chi connectivity index (χ2v) is 6.40. The minimum Gasteiger partial charge on any atom is -0.331 e. The number of nitrogens with zero attached hydrogens (tertiary/aromatic N) is 3. The van der Waals surface area contributed by atoms with Gasteiger partial charge in [0.25, 0.3) is 0 Å². The molecule has 2 aromatic rings. The van der Waals surface area contributed by atoms with E-state index in [2.05, 4.69) is 10.4 Å². The Labute approximate surface area is 145 Å². The molecule has 7 heteroatoms. The quantitative estimate of drug-likeness (QED) is 0.920. The van der Waals surface area contributed by atoms with E-state index < -0.39 is 17.7 Å². The molecule has 3 rings (SSSR count). The Bertz CT molecular complexity index is 761. The molecule has 2 amide bonds. The molecule has 1 aliphatic heterocycles. The van der Waals surface area contributed by atoms with Crippen LogP contribution in [0.4, 0.5) is 13.6 Å². The van der Waals surface area contributed by atoms with Gasteiger partial charge in [-0.25, -0.2) is 13.6 Å². The molecule has 0 bridgehead atoms. The van der Waals surface area contributed by atoms with Crippen LogP contribution in [0.5, 0.6) is 0 Å². The molecule has 0 radical (unpaired) electrons. The van der Waals surface area contributed by atoms with Crippen LogP contribution < -0.4 is 5.32 Å². The summed E-state index contributed by atoms with van der Waals surface area (Å²) in [6.07, 6.45) is 4.53. The van der Waals surface area contributed by atoms with E-state index in [1.807, 2.05) is 13.1 Å². The van der Waals surface area contributed by atoms with Crippen LogP contribution in [0.1, 0.15) is 49.5 Å². The molecular weight excluding hydrogens is 326 g/mol. The summed E-state index contributed by atoms with van der Waals surface area (Å²) in [5.74, 6) is -1.83. The van der Waals surface area contributed by atoms with Gasteiger partial charge >= 0.3 is 6.03 Å². The van der Waals surface area contributed by atoms with Crippen LogP contribution in [0, 0.1) is 11.6 Å². The molecule has 0 unspecified atom stereocenters. The third-order valence-corrected chi connectivity index (χ3v) is 4.75. The first kappa shape index (κ1) is 17.4. The average Bonchev–Trinajstić information content (AvgIpc) is 3.03. The molecule has 2 heterocycles. The fourth-order valence-electron chi connectivity index (χ4n) is 3.39. The minimum atomic E-state index is -0.919. The number of urea groups is 1. The van der Waals surface area contributed by atoms with Crippen LogP contribution in [0.25, 0.3) is 0 Å². The highest BCUT2D eigenvalue weighted by Gasteiger charge is 2.30. The van der Waals surface area contributed by atoms with Gasteiger partial charge in [-0.2, -0.15) is 5.10 Å². The Kier molecular flexibility index (Phi) is 5.01. The summed E-state index contributed by atoms with van der Waals surface area (Å²) in [4.78, 5) is 14.5. The first-order valence-electron chi connectivity index (χ1n) is 8.48. The summed E-state index contributed by atoms with van der Waals surface area (Å²) in [7, 11) is 1.85. The first-order chi connectivity index (χ1) is 12.0. The maximum atomic E-state index is 13.9. The highest BCUT2D eigenvalue weighted by atomic mass is 19.2. The van der Waals surface area contributed by atoms with Gasteiger partial charge in [0.1, 0.15) is 0 Å². The Morgan fingerprint density at radius 2 is 2.12 bits per heavy atom. The van der Waals surface area contributed by atoms with Crippen LogP contribution in [-0.2, 0) is 7.05 Å². The van der Waals surface area contributed by atoms with E-state index in [0.717, 1.165) is 31.0 Å². The number of carbonyl (C=O) groups excluding carboxylic acids is 1. The SMILES string of the molecule is C[C@@H](NC(=O)N1CCCC[C@@H]1c1ccnn1C)c1cccc(F)c1F. The number of hydrogen-bond donors (Lipinski definition) is 1. The van der Waals surface area contributed by atoms with Crippen LogP contribution in [0.3, 0.4) is 0 Å². The predicted molar refractivity (Wildman–Crippen MR) is 89.8 cm³/mol. The number of hydrogen-bond acceptors (Lipinski definition) is 2. The van der Waals surface area contributed by atoms with Crippen LogP contribution in [0.15, 0.2) is 30.5 Å². The summed E-state index contributed by atoms with van der Waals surface area (Å²) in [5, 5.41) is 6.98. The maximum absolute atomic E-state index is 13.9. The van der Waals surface area contributed by atoms with Crippen LogP contribution in [-0.4, -0.2) is 27.3 Å². The summed E-state index contributed by atoms with van der Waals surface area (Å²) in [6.45, 7) is 2.28. The highest BCUT2D eigenvalue weighted by molar-refractivity contribution is 5.75. The highest BCUT2D eigenvalue weighted by Crippen LogP contribution is 2.31. The normalized spacial score (nSPS) is 18.9. The zero-order valence-electron chi connectivity index (χ0n) is 14.4. The molecule has 1 fully saturated rings. The van der Waals surface area contributed by atoms with Crippen LogP contribution in [0.2, 0.25) is 0 Å². The van der Waals surface area contributed by atoms with Gasteiger partial charge in [-0.05, 0) is 38.3 Å². The number of piperidine rings is 1. The monoisotopic (exact) mass is 348 g/mol. The fourth-order valence-corrected chi connectivity index (χ4v) is 3.39. The van der Waals surface area contributed by atoms with E-state index in [-0.39, 0.29) is 17.6 Å². The molecule has 1 N–H and O–H groups in total. The lowest BCUT2D eigenvalue weighted by Crippen LogP contribution is -2.45. The molecule has 5 nitrogen and oxygen atoms in total. The molecule has 1 aromatic heterocycles. The van der Waals surface area contributed by atoms with Crippen molar-refractivity contribution < 1.29 is 13.6 Å². The first-order valence-corrected chi connectivity index (χ1v) is 8.48. The van der Waals surface area contributed by atoms with Gasteiger partial charge < -0.3 is 10.2 Å². The fraction of sp³-hybridized carbons (Fsp3) is 0.444. The minimum absolute atomic E-state index is 0.0641. The van der Waals surface area contributed by atoms with E-state index in [4.69, 9.17) is 0 Å². The molecule has 1 aromatic carbocycles. The number of aromatic nitrogens is 2. The Balaban J connectivity index is 1.77. The van der Waals surface area contributed by atoms with E-state index in [1.165, 1.54) is 12.1 Å². The topological polar surface area (TPSA) is 50.2 Å². The lowest BCUT2D eigenvalue weighted by atomic mass is 9.99. The summed E-state index contributed by atoms with van der Waals surface area (Å²) in [6, 6.07) is 4.93. The second-order valence-electron chi connectivity index (χ2n) is 6.40. The molecule has 1 saturated heterocycles. The molecule has 2 atom stereocenters. The van der Waals surface area contributed by atoms with Gasteiger partial charge in [0, 0.05) is 25.4 Å². The van der Waals surface area contributed by atoms with Crippen LogP contribution >= 0.6 is 0 Å². The van der Waals surface area contributed by atoms with Crippen molar-refractivity contribution >= 4 is 6.03 Å². The third-order valence-electron chi connectivity index (χ3n) is 4.75. The Morgan fingerprint density at radius 3 is 2.84 bits per heavy atom. The third kappa shape index (κ3) is 3.50. The molecule has 134 valence electrons. The van der Waals surface area contributed by atoms with Crippen molar-refractivity contribution in [3.63, 3.8) is 0 Å². The molecule has 0 spiro atoms. The number of nitrogens with one attached hydrogen (secondary N) is 1. The number of benzene rings is 1. The van der Waals surface area contributed by atoms with Gasteiger partial charge in [-0.3, -0.25) is 4.68 Å². The average molecular weight is 348 g/mol. The standard InChI is InChI=1S/C18H22F2N4O/c1-12(13-6-5-7-14(19)17(13)20)22-18(25)24-11-4-3-8-16(24)15-9-10-21-23(15)2/h5-7,9-10,12,16H,3-4,8,11H2,1-2H3,(H,22,25)/t12-,16-/m1/s1. The zero-order chi connectivity index (χ0) is 18.0. The number of rotatable bonds is 3. The van der Waals surface area contributed by atoms with Gasteiger partial charge in [-0.1, -0.05) is 12.1 Å². The van der Waals surface area contributed by atoms with E-state index >= 15 is 0 Å². The van der Waals surface area contributed by atoms with Crippen molar-refractivity contribution in [2.75, 3.05) is 6.54 Å². The number of aryl methyl sites for hydroxylation is 1. The van der Waals surface area contributed by atoms with Crippen molar-refractivity contribution in [1.29, 1.82) is 0 Å². The number of amides is 2. The molecule has 0 aliphatic carbocycles. The van der Waals surface area contributed by atoms with Gasteiger partial charge in [-0.15, -0.1) is 0 Å². The second kappa shape index (κ2) is 7.21. The Morgan fingerprint density at radius 1 is 1.32 bits per heavy atom. The van der Waals surface area contributed by atoms with Crippen molar-refractivity contribution in [1.82, 2.24) is 20.0 Å². The van der Waals surface area contributed by atoms with E-state index in [1.54, 1.807) is 22.7 Å². The molecular formula is C18H22F2N4O. The largest absolute Gasteiger partial charge is 0.331 e. The Hall–Kier alpha value is -2.44. The van der Waals surface area contributed by atoms with Gasteiger partial charge in [0.2, 0.25) is 0 Å². The number of carbonyl (C=O) groups is 1. The lowest BCUT2D eigenvalue weighted by molar-refractivity contribution is 0.145. The van der Waals surface area contributed by atoms with E-state index in [0.29, 0.717) is 6.54 Å².